The molecule has 6 nitrogen and oxygen atoms in total. The molecule has 1 saturated heterocycles. The van der Waals surface area contributed by atoms with Crippen LogP contribution in [-0.2, 0) is 11.2 Å². The molecule has 6 heteroatoms. The van der Waals surface area contributed by atoms with Gasteiger partial charge in [-0.1, -0.05) is 61.5 Å². The molecule has 1 aromatic heterocycles. The van der Waals surface area contributed by atoms with Gasteiger partial charge in [-0.15, -0.1) is 5.10 Å². The Hall–Kier alpha value is -2.89. The molecule has 0 N–H and O–H groups in total. The highest BCUT2D eigenvalue weighted by Gasteiger charge is 2.41. The summed E-state index contributed by atoms with van der Waals surface area (Å²) in [6.07, 6.45) is 0.220. The lowest BCUT2D eigenvalue weighted by Crippen LogP contribution is -2.43. The van der Waals surface area contributed by atoms with Gasteiger partial charge in [0, 0.05) is 0 Å². The first-order valence-corrected chi connectivity index (χ1v) is 8.94. The number of nitrogens with zero attached hydrogens (tertiary/aromatic N) is 4. The highest BCUT2D eigenvalue weighted by Crippen LogP contribution is 2.32. The molecule has 1 amide bonds. The summed E-state index contributed by atoms with van der Waals surface area (Å²) < 4.78 is 7.27. The van der Waals surface area contributed by atoms with E-state index in [1.165, 1.54) is 5.56 Å². The maximum Gasteiger partial charge on any atom is 0.411 e. The SMILES string of the molecule is CC(C)C(N1C(=O)OCC1Cc1ccccc1)n1nnc2ccccc21. The van der Waals surface area contributed by atoms with Crippen LogP contribution >= 0.6 is 0 Å². The minimum atomic E-state index is -0.288. The van der Waals surface area contributed by atoms with E-state index in [0.29, 0.717) is 6.61 Å². The Balaban J connectivity index is 1.71. The Morgan fingerprint density at radius 1 is 1.12 bits per heavy atom. The molecular weight excluding hydrogens is 328 g/mol. The third kappa shape index (κ3) is 2.92. The number of rotatable bonds is 5. The van der Waals surface area contributed by atoms with Crippen molar-refractivity contribution in [1.29, 1.82) is 0 Å². The van der Waals surface area contributed by atoms with Gasteiger partial charge in [-0.2, -0.15) is 0 Å². The summed E-state index contributed by atoms with van der Waals surface area (Å²) in [5.74, 6) is 0.157. The number of hydrogen-bond donors (Lipinski definition) is 0. The normalized spacial score (nSPS) is 18.5. The van der Waals surface area contributed by atoms with Crippen LogP contribution in [0.1, 0.15) is 25.6 Å². The molecular formula is C20H22N4O2. The number of benzene rings is 2. The monoisotopic (exact) mass is 350 g/mol. The molecule has 2 aromatic carbocycles. The second-order valence-electron chi connectivity index (χ2n) is 7.01. The molecule has 1 fully saturated rings. The Morgan fingerprint density at radius 2 is 1.85 bits per heavy atom. The number of aromatic nitrogens is 3. The van der Waals surface area contributed by atoms with Gasteiger partial charge in [0.25, 0.3) is 0 Å². The van der Waals surface area contributed by atoms with Crippen LogP contribution < -0.4 is 0 Å². The smallest absolute Gasteiger partial charge is 0.411 e. The summed E-state index contributed by atoms with van der Waals surface area (Å²) >= 11 is 0. The summed E-state index contributed by atoms with van der Waals surface area (Å²) in [7, 11) is 0. The van der Waals surface area contributed by atoms with Crippen molar-refractivity contribution in [1.82, 2.24) is 19.9 Å². The molecule has 2 heterocycles. The van der Waals surface area contributed by atoms with E-state index in [9.17, 15) is 4.79 Å². The van der Waals surface area contributed by atoms with Gasteiger partial charge >= 0.3 is 6.09 Å². The third-order valence-electron chi connectivity index (χ3n) is 4.83. The highest BCUT2D eigenvalue weighted by atomic mass is 16.6. The van der Waals surface area contributed by atoms with Gasteiger partial charge in [-0.3, -0.25) is 4.90 Å². The maximum absolute atomic E-state index is 12.6. The van der Waals surface area contributed by atoms with Gasteiger partial charge < -0.3 is 4.74 Å². The predicted octanol–water partition coefficient (Wildman–Crippen LogP) is 3.65. The van der Waals surface area contributed by atoms with Crippen LogP contribution in [0.3, 0.4) is 0 Å². The Morgan fingerprint density at radius 3 is 2.62 bits per heavy atom. The predicted molar refractivity (Wildman–Crippen MR) is 98.5 cm³/mol. The van der Waals surface area contributed by atoms with E-state index in [1.54, 1.807) is 0 Å². The number of cyclic esters (lactones) is 1. The third-order valence-corrected chi connectivity index (χ3v) is 4.83. The quantitative estimate of drug-likeness (QED) is 0.705. The highest BCUT2D eigenvalue weighted by molar-refractivity contribution is 5.75. The van der Waals surface area contributed by atoms with E-state index in [-0.39, 0.29) is 24.2 Å². The zero-order valence-electron chi connectivity index (χ0n) is 14.9. The van der Waals surface area contributed by atoms with Gasteiger partial charge in [0.1, 0.15) is 18.3 Å². The summed E-state index contributed by atoms with van der Waals surface area (Å²) in [4.78, 5) is 14.4. The van der Waals surface area contributed by atoms with Crippen LogP contribution in [-0.4, -0.2) is 38.6 Å². The second kappa shape index (κ2) is 6.78. The van der Waals surface area contributed by atoms with Crippen molar-refractivity contribution in [2.24, 2.45) is 5.92 Å². The number of ether oxygens (including phenoxy) is 1. The Bertz CT molecular complexity index is 906. The van der Waals surface area contributed by atoms with Gasteiger partial charge in [-0.05, 0) is 30.0 Å². The van der Waals surface area contributed by atoms with Crippen molar-refractivity contribution < 1.29 is 9.53 Å². The molecule has 0 radical (unpaired) electrons. The van der Waals surface area contributed by atoms with Gasteiger partial charge in [0.15, 0.2) is 0 Å². The maximum atomic E-state index is 12.6. The standard InChI is InChI=1S/C20H22N4O2/c1-14(2)19(24-18-11-7-6-10-17(18)21-22-24)23-16(13-26-20(23)25)12-15-8-4-3-5-9-15/h3-11,14,16,19H,12-13H2,1-2H3. The largest absolute Gasteiger partial charge is 0.447 e. The summed E-state index contributed by atoms with van der Waals surface area (Å²) in [6.45, 7) is 4.57. The lowest BCUT2D eigenvalue weighted by Gasteiger charge is -2.33. The lowest BCUT2D eigenvalue weighted by molar-refractivity contribution is 0.0919. The van der Waals surface area contributed by atoms with Crippen LogP contribution in [0.4, 0.5) is 4.79 Å². The molecule has 3 aromatic rings. The number of amides is 1. The van der Waals surface area contributed by atoms with Crippen molar-refractivity contribution in [2.45, 2.75) is 32.5 Å². The first-order valence-electron chi connectivity index (χ1n) is 8.94. The summed E-state index contributed by atoms with van der Waals surface area (Å²) in [6, 6.07) is 18.0. The molecule has 0 spiro atoms. The van der Waals surface area contributed by atoms with Crippen molar-refractivity contribution in [3.05, 3.63) is 60.2 Å². The van der Waals surface area contributed by atoms with Crippen LogP contribution in [0.2, 0.25) is 0 Å². The molecule has 2 unspecified atom stereocenters. The number of fused-ring (bicyclic) bond motifs is 1. The number of para-hydroxylation sites is 1. The average Bonchev–Trinajstić information content (AvgIpc) is 3.22. The van der Waals surface area contributed by atoms with Crippen LogP contribution in [0.15, 0.2) is 54.6 Å². The molecule has 1 aliphatic heterocycles. The first kappa shape index (κ1) is 16.6. The van der Waals surface area contributed by atoms with E-state index in [2.05, 4.69) is 36.3 Å². The molecule has 134 valence electrons. The summed E-state index contributed by atoms with van der Waals surface area (Å²) in [5, 5.41) is 8.62. The molecule has 4 rings (SSSR count). The van der Waals surface area contributed by atoms with E-state index >= 15 is 0 Å². The lowest BCUT2D eigenvalue weighted by atomic mass is 10.0. The Kier molecular flexibility index (Phi) is 4.32. The van der Waals surface area contributed by atoms with Crippen molar-refractivity contribution in [2.75, 3.05) is 6.61 Å². The number of hydrogen-bond acceptors (Lipinski definition) is 4. The molecule has 26 heavy (non-hydrogen) atoms. The van der Waals surface area contributed by atoms with Crippen LogP contribution in [0.5, 0.6) is 0 Å². The zero-order chi connectivity index (χ0) is 18.1. The Labute approximate surface area is 152 Å². The fourth-order valence-corrected chi connectivity index (χ4v) is 3.64. The van der Waals surface area contributed by atoms with Crippen molar-refractivity contribution >= 4 is 17.1 Å². The molecule has 0 aliphatic carbocycles. The van der Waals surface area contributed by atoms with Crippen molar-refractivity contribution in [3.8, 4) is 0 Å². The van der Waals surface area contributed by atoms with E-state index in [4.69, 9.17) is 4.74 Å². The average molecular weight is 350 g/mol. The second-order valence-corrected chi connectivity index (χ2v) is 7.01. The molecule has 2 atom stereocenters. The summed E-state index contributed by atoms with van der Waals surface area (Å²) in [5.41, 5.74) is 2.93. The number of carbonyl (C=O) groups is 1. The van der Waals surface area contributed by atoms with Gasteiger partial charge in [0.2, 0.25) is 0 Å². The fraction of sp³-hybridized carbons (Fsp3) is 0.350. The van der Waals surface area contributed by atoms with E-state index in [1.807, 2.05) is 52.0 Å². The van der Waals surface area contributed by atoms with Crippen molar-refractivity contribution in [3.63, 3.8) is 0 Å². The topological polar surface area (TPSA) is 60.2 Å². The minimum absolute atomic E-state index is 0.0275. The molecule has 0 saturated carbocycles. The van der Waals surface area contributed by atoms with E-state index in [0.717, 1.165) is 17.5 Å². The van der Waals surface area contributed by atoms with Crippen LogP contribution in [0, 0.1) is 5.92 Å². The molecule has 0 bridgehead atoms. The zero-order valence-corrected chi connectivity index (χ0v) is 14.9. The van der Waals surface area contributed by atoms with Crippen LogP contribution in [0.25, 0.3) is 11.0 Å². The van der Waals surface area contributed by atoms with Gasteiger partial charge in [-0.25, -0.2) is 9.48 Å². The first-order chi connectivity index (χ1) is 12.6. The molecule has 1 aliphatic rings. The van der Waals surface area contributed by atoms with Gasteiger partial charge in [0.05, 0.1) is 11.6 Å². The minimum Gasteiger partial charge on any atom is -0.447 e. The number of carbonyl (C=O) groups excluding carboxylic acids is 1. The fourth-order valence-electron chi connectivity index (χ4n) is 3.64. The van der Waals surface area contributed by atoms with E-state index < -0.39 is 0 Å².